The maximum atomic E-state index is 8.55. The van der Waals surface area contributed by atoms with Gasteiger partial charge in [0.15, 0.2) is 0 Å². The van der Waals surface area contributed by atoms with E-state index in [-0.39, 0.29) is 88.7 Å². The van der Waals surface area contributed by atoms with Crippen molar-refractivity contribution in [3.8, 4) is 0 Å². The van der Waals surface area contributed by atoms with Gasteiger partial charge < -0.3 is 30.7 Å². The molecule has 0 radical (unpaired) electrons. The molecule has 10 heteroatoms. The molecule has 0 spiro atoms. The Kier molecular flexibility index (Phi) is 48.0. The van der Waals surface area contributed by atoms with Crippen LogP contribution in [-0.2, 0) is 4.57 Å². The monoisotopic (exact) mass is 224 g/mol. The Balaban J connectivity index is -0.0000000221. The van der Waals surface area contributed by atoms with E-state index in [1.54, 1.807) is 0 Å². The molecule has 0 unspecified atom stereocenters. The molecule has 0 aromatic carbocycles. The van der Waals surface area contributed by atoms with Crippen molar-refractivity contribution in [3.05, 3.63) is 0 Å². The van der Waals surface area contributed by atoms with Crippen molar-refractivity contribution in [2.24, 2.45) is 11.5 Å². The van der Waals surface area contributed by atoms with Gasteiger partial charge in [-0.15, -0.1) is 0 Å². The summed E-state index contributed by atoms with van der Waals surface area (Å²) in [5.74, 6) is 0. The molecule has 0 aliphatic heterocycles. The van der Waals surface area contributed by atoms with Crippen LogP contribution >= 0.6 is 7.82 Å². The smallest absolute Gasteiger partial charge is 0.822 e. The first-order chi connectivity index (χ1) is 3.91. The first-order valence-corrected chi connectivity index (χ1v) is 3.51. The number of rotatable bonds is 1. The number of nitrogens with two attached hydrogens (primary N) is 2. The fraction of sp³-hybridized carbons (Fsp3) is 1.00. The van der Waals surface area contributed by atoms with Gasteiger partial charge >= 0.3 is 88.7 Å². The predicted molar refractivity (Wildman–Crippen MR) is 25.7 cm³/mol. The number of hydrogen-bond donors (Lipinski definition) is 2. The molecule has 0 saturated heterocycles. The molecule has 58 valence electrons. The zero-order valence-electron chi connectivity index (χ0n) is 7.65. The molecule has 0 atom stereocenters. The second-order valence-corrected chi connectivity index (χ2v) is 1.92. The zero-order chi connectivity index (χ0) is 7.91. The summed E-state index contributed by atoms with van der Waals surface area (Å²) in [4.78, 5) is 25.6. The molecule has 6 nitrogen and oxygen atoms in total. The maximum absolute atomic E-state index is 8.55. The summed E-state index contributed by atoms with van der Waals surface area (Å²) in [6, 6.07) is 0. The molecule has 12 heavy (non-hydrogen) atoms. The normalized spacial score (nSPS) is 7.42. The fourth-order valence-electron chi connectivity index (χ4n) is 0. The Labute approximate surface area is 138 Å². The number of phosphoric acid groups is 1. The molecule has 0 amide bonds. The number of hydrogen-bond acceptors (Lipinski definition) is 6. The van der Waals surface area contributed by atoms with Crippen LogP contribution in [0.1, 0.15) is 0 Å². The molecular formula is C2H8N2Na3O4P. The first kappa shape index (κ1) is 29.4. The Hall–Kier alpha value is 3.03. The second kappa shape index (κ2) is 19.6. The van der Waals surface area contributed by atoms with Crippen LogP contribution in [0.3, 0.4) is 0 Å². The summed E-state index contributed by atoms with van der Waals surface area (Å²) >= 11 is 0. The van der Waals surface area contributed by atoms with Gasteiger partial charge in [-0.1, -0.05) is 0 Å². The molecular weight excluding hydrogens is 216 g/mol. The Bertz CT molecular complexity index is 90.0. The van der Waals surface area contributed by atoms with Gasteiger partial charge in [0.2, 0.25) is 0 Å². The molecule has 4 N–H and O–H groups in total. The van der Waals surface area contributed by atoms with Crippen molar-refractivity contribution in [1.82, 2.24) is 0 Å². The molecule has 0 aliphatic carbocycles. The minimum Gasteiger partial charge on any atom is -0.822 e. The average Bonchev–Trinajstić information content (AvgIpc) is 1.61. The molecule has 0 aromatic rings. The van der Waals surface area contributed by atoms with Gasteiger partial charge in [0.25, 0.3) is 0 Å². The summed E-state index contributed by atoms with van der Waals surface area (Å²) in [6.45, 7) is 1.19. The summed E-state index contributed by atoms with van der Waals surface area (Å²) in [7, 11) is -5.39. The van der Waals surface area contributed by atoms with Crippen LogP contribution < -0.4 is 115 Å². The second-order valence-electron chi connectivity index (χ2n) is 1.02. The Morgan fingerprint density at radius 1 is 0.917 bits per heavy atom. The van der Waals surface area contributed by atoms with Crippen molar-refractivity contribution >= 4 is 7.82 Å². The topological polar surface area (TPSA) is 138 Å². The van der Waals surface area contributed by atoms with Crippen molar-refractivity contribution < 1.29 is 108 Å². The van der Waals surface area contributed by atoms with Crippen molar-refractivity contribution in [1.29, 1.82) is 0 Å². The van der Waals surface area contributed by atoms with Gasteiger partial charge in [-0.2, -0.15) is 7.82 Å². The van der Waals surface area contributed by atoms with Gasteiger partial charge in [0.05, 0.1) is 0 Å². The maximum Gasteiger partial charge on any atom is 1.00 e. The van der Waals surface area contributed by atoms with Crippen LogP contribution in [0.15, 0.2) is 0 Å². The van der Waals surface area contributed by atoms with E-state index in [0.717, 1.165) is 0 Å². The van der Waals surface area contributed by atoms with E-state index in [1.165, 1.54) is 0 Å². The van der Waals surface area contributed by atoms with Crippen LogP contribution in [0.5, 0.6) is 0 Å². The summed E-state index contributed by atoms with van der Waals surface area (Å²) < 4.78 is 8.55. The largest absolute Gasteiger partial charge is 1.00 e. The van der Waals surface area contributed by atoms with Gasteiger partial charge in [-0.3, -0.25) is 0 Å². The van der Waals surface area contributed by atoms with Crippen LogP contribution in [0, 0.1) is 0 Å². The van der Waals surface area contributed by atoms with Crippen molar-refractivity contribution in [2.45, 2.75) is 0 Å². The molecule has 0 aliphatic rings. The van der Waals surface area contributed by atoms with Crippen molar-refractivity contribution in [3.63, 3.8) is 0 Å². The minimum atomic E-state index is -5.39. The molecule has 0 bridgehead atoms. The van der Waals surface area contributed by atoms with E-state index in [4.69, 9.17) is 30.7 Å². The van der Waals surface area contributed by atoms with Gasteiger partial charge in [-0.25, -0.2) is 0 Å². The molecule has 0 fully saturated rings. The van der Waals surface area contributed by atoms with E-state index in [2.05, 4.69) is 0 Å². The molecule has 0 heterocycles. The first-order valence-electron chi connectivity index (χ1n) is 2.05. The predicted octanol–water partition coefficient (Wildman–Crippen LogP) is -12.9. The minimum absolute atomic E-state index is 0. The SMILES string of the molecule is NCCN.O=P([O-])([O-])[O-].[Na+].[Na+].[Na+]. The molecule has 0 rings (SSSR count). The van der Waals surface area contributed by atoms with Crippen molar-refractivity contribution in [2.75, 3.05) is 13.1 Å². The third-order valence-electron chi connectivity index (χ3n) is 0.167. The van der Waals surface area contributed by atoms with Crippen LogP contribution in [0.4, 0.5) is 0 Å². The summed E-state index contributed by atoms with van der Waals surface area (Å²) in [6.07, 6.45) is 0. The van der Waals surface area contributed by atoms with E-state index >= 15 is 0 Å². The molecule has 0 aromatic heterocycles. The van der Waals surface area contributed by atoms with Gasteiger partial charge in [0, 0.05) is 13.1 Å². The van der Waals surface area contributed by atoms with Crippen LogP contribution in [0.25, 0.3) is 0 Å². The standard InChI is InChI=1S/C2H8N2.3Na.H3O4P/c3-1-2-4;;;;1-5(2,3)4/h1-4H2;;;;(H3,1,2,3,4)/q;3*+1;/p-3. The Morgan fingerprint density at radius 3 is 1.00 bits per heavy atom. The quantitative estimate of drug-likeness (QED) is 0.335. The Morgan fingerprint density at radius 2 is 1.00 bits per heavy atom. The van der Waals surface area contributed by atoms with E-state index < -0.39 is 7.82 Å². The summed E-state index contributed by atoms with van der Waals surface area (Å²) in [5.41, 5.74) is 9.81. The van der Waals surface area contributed by atoms with E-state index in [1.807, 2.05) is 0 Å². The fourth-order valence-corrected chi connectivity index (χ4v) is 0. The zero-order valence-corrected chi connectivity index (χ0v) is 14.5. The van der Waals surface area contributed by atoms with Crippen LogP contribution in [0.2, 0.25) is 0 Å². The third kappa shape index (κ3) is 116. The average molecular weight is 224 g/mol. The van der Waals surface area contributed by atoms with Crippen LogP contribution in [-0.4, -0.2) is 13.1 Å². The summed E-state index contributed by atoms with van der Waals surface area (Å²) in [5, 5.41) is 0. The van der Waals surface area contributed by atoms with E-state index in [9.17, 15) is 0 Å². The third-order valence-corrected chi connectivity index (χ3v) is 0.167. The van der Waals surface area contributed by atoms with Gasteiger partial charge in [-0.05, 0) is 0 Å². The van der Waals surface area contributed by atoms with Gasteiger partial charge in [0.1, 0.15) is 0 Å². The van der Waals surface area contributed by atoms with E-state index in [0.29, 0.717) is 13.1 Å². The molecule has 0 saturated carbocycles.